The summed E-state index contributed by atoms with van der Waals surface area (Å²) in [6.45, 7) is 3.59. The topological polar surface area (TPSA) is 70.4 Å². The molecular formula is C20H20N2O4S. The van der Waals surface area contributed by atoms with Crippen molar-refractivity contribution in [3.63, 3.8) is 0 Å². The quantitative estimate of drug-likeness (QED) is 0.368. The predicted molar refractivity (Wildman–Crippen MR) is 106 cm³/mol. The van der Waals surface area contributed by atoms with Crippen molar-refractivity contribution in [2.24, 2.45) is 0 Å². The zero-order chi connectivity index (χ0) is 19.4. The molecular weight excluding hydrogens is 364 g/mol. The average Bonchev–Trinajstić information content (AvgIpc) is 2.66. The van der Waals surface area contributed by atoms with E-state index in [2.05, 4.69) is 4.98 Å². The number of nitrogens with zero attached hydrogens (tertiary/aromatic N) is 2. The fraction of sp³-hybridized carbons (Fsp3) is 0.250. The Bertz CT molecular complexity index is 1030. The van der Waals surface area contributed by atoms with Gasteiger partial charge in [0.05, 0.1) is 35.6 Å². The first-order valence-electron chi connectivity index (χ1n) is 8.48. The van der Waals surface area contributed by atoms with Gasteiger partial charge < -0.3 is 9.47 Å². The van der Waals surface area contributed by atoms with E-state index in [1.165, 1.54) is 16.3 Å². The lowest BCUT2D eigenvalue weighted by Gasteiger charge is -2.14. The van der Waals surface area contributed by atoms with Crippen LogP contribution in [0.1, 0.15) is 13.8 Å². The second-order valence-electron chi connectivity index (χ2n) is 6.08. The highest BCUT2D eigenvalue weighted by molar-refractivity contribution is 7.99. The molecule has 3 rings (SSSR count). The lowest BCUT2D eigenvalue weighted by molar-refractivity contribution is -0.144. The SMILES string of the molecule is COc1cccc(-n2c(SCC(=O)OC(C)C)nc3ccccc3c2=O)c1. The monoisotopic (exact) mass is 384 g/mol. The molecule has 0 saturated heterocycles. The standard InChI is InChI=1S/C20H20N2O4S/c1-13(2)26-18(23)12-27-20-21-17-10-5-4-9-16(17)19(24)22(20)14-7-6-8-15(11-14)25-3/h4-11,13H,12H2,1-3H3. The van der Waals surface area contributed by atoms with Gasteiger partial charge >= 0.3 is 5.97 Å². The van der Waals surface area contributed by atoms with Crippen LogP contribution in [0.25, 0.3) is 16.6 Å². The fourth-order valence-corrected chi connectivity index (χ4v) is 3.40. The minimum Gasteiger partial charge on any atom is -0.497 e. The van der Waals surface area contributed by atoms with Gasteiger partial charge in [-0.15, -0.1) is 0 Å². The van der Waals surface area contributed by atoms with Crippen molar-refractivity contribution < 1.29 is 14.3 Å². The Morgan fingerprint density at radius 2 is 1.96 bits per heavy atom. The van der Waals surface area contributed by atoms with Crippen LogP contribution in [-0.4, -0.2) is 34.5 Å². The Morgan fingerprint density at radius 3 is 2.70 bits per heavy atom. The van der Waals surface area contributed by atoms with E-state index in [1.807, 2.05) is 6.07 Å². The molecule has 0 unspecified atom stereocenters. The van der Waals surface area contributed by atoms with Gasteiger partial charge in [0.25, 0.3) is 5.56 Å². The van der Waals surface area contributed by atoms with Crippen LogP contribution >= 0.6 is 11.8 Å². The smallest absolute Gasteiger partial charge is 0.316 e. The van der Waals surface area contributed by atoms with E-state index in [-0.39, 0.29) is 23.4 Å². The molecule has 0 amide bonds. The number of methoxy groups -OCH3 is 1. The number of rotatable bonds is 6. The number of hydrogen-bond acceptors (Lipinski definition) is 6. The summed E-state index contributed by atoms with van der Waals surface area (Å²) >= 11 is 1.17. The number of thioether (sulfide) groups is 1. The van der Waals surface area contributed by atoms with Gasteiger partial charge in [0, 0.05) is 6.07 Å². The van der Waals surface area contributed by atoms with Crippen molar-refractivity contribution in [1.82, 2.24) is 9.55 Å². The fourth-order valence-electron chi connectivity index (χ4n) is 2.61. The first-order valence-corrected chi connectivity index (χ1v) is 9.46. The first-order chi connectivity index (χ1) is 13.0. The van der Waals surface area contributed by atoms with Gasteiger partial charge in [0.1, 0.15) is 5.75 Å². The van der Waals surface area contributed by atoms with Gasteiger partial charge in [0.2, 0.25) is 0 Å². The second kappa shape index (κ2) is 8.26. The zero-order valence-corrected chi connectivity index (χ0v) is 16.2. The van der Waals surface area contributed by atoms with Crippen molar-refractivity contribution in [2.45, 2.75) is 25.1 Å². The summed E-state index contributed by atoms with van der Waals surface area (Å²) in [5.74, 6) is 0.338. The second-order valence-corrected chi connectivity index (χ2v) is 7.02. The number of ether oxygens (including phenoxy) is 2. The van der Waals surface area contributed by atoms with Crippen molar-refractivity contribution in [3.05, 3.63) is 58.9 Å². The molecule has 0 atom stereocenters. The largest absolute Gasteiger partial charge is 0.497 e. The van der Waals surface area contributed by atoms with Crippen LogP contribution in [0.4, 0.5) is 0 Å². The van der Waals surface area contributed by atoms with Crippen LogP contribution in [0.15, 0.2) is 58.5 Å². The van der Waals surface area contributed by atoms with Gasteiger partial charge in [-0.1, -0.05) is 30.0 Å². The van der Waals surface area contributed by atoms with Crippen molar-refractivity contribution in [1.29, 1.82) is 0 Å². The van der Waals surface area contributed by atoms with Crippen LogP contribution in [-0.2, 0) is 9.53 Å². The van der Waals surface area contributed by atoms with Gasteiger partial charge in [-0.3, -0.25) is 14.2 Å². The number of carbonyl (C=O) groups is 1. The lowest BCUT2D eigenvalue weighted by Crippen LogP contribution is -2.22. The Labute approximate surface area is 161 Å². The number of fused-ring (bicyclic) bond motifs is 1. The van der Waals surface area contributed by atoms with E-state index >= 15 is 0 Å². The minimum absolute atomic E-state index is 0.0624. The third-order valence-electron chi connectivity index (χ3n) is 3.74. The molecule has 27 heavy (non-hydrogen) atoms. The summed E-state index contributed by atoms with van der Waals surface area (Å²) in [6, 6.07) is 14.3. The zero-order valence-electron chi connectivity index (χ0n) is 15.3. The molecule has 6 nitrogen and oxygen atoms in total. The molecule has 0 fully saturated rings. The number of aromatic nitrogens is 2. The van der Waals surface area contributed by atoms with Crippen molar-refractivity contribution in [2.75, 3.05) is 12.9 Å². The Balaban J connectivity index is 2.09. The first kappa shape index (κ1) is 19.0. The summed E-state index contributed by atoms with van der Waals surface area (Å²) in [5, 5.41) is 0.932. The molecule has 0 aliphatic heterocycles. The maximum atomic E-state index is 13.1. The highest BCUT2D eigenvalue weighted by atomic mass is 32.2. The van der Waals surface area contributed by atoms with Crippen LogP contribution in [0, 0.1) is 0 Å². The van der Waals surface area contributed by atoms with Gasteiger partial charge in [-0.05, 0) is 38.1 Å². The highest BCUT2D eigenvalue weighted by Gasteiger charge is 2.16. The van der Waals surface area contributed by atoms with E-state index < -0.39 is 0 Å². The number of esters is 1. The van der Waals surface area contributed by atoms with Crippen molar-refractivity contribution in [3.8, 4) is 11.4 Å². The van der Waals surface area contributed by atoms with E-state index in [1.54, 1.807) is 63.4 Å². The van der Waals surface area contributed by atoms with E-state index in [9.17, 15) is 9.59 Å². The normalized spacial score (nSPS) is 11.0. The van der Waals surface area contributed by atoms with Gasteiger partial charge in [0.15, 0.2) is 5.16 Å². The summed E-state index contributed by atoms with van der Waals surface area (Å²) < 4.78 is 11.9. The molecule has 0 radical (unpaired) electrons. The van der Waals surface area contributed by atoms with Gasteiger partial charge in [-0.2, -0.15) is 0 Å². The summed E-state index contributed by atoms with van der Waals surface area (Å²) in [4.78, 5) is 29.7. The molecule has 0 N–H and O–H groups in total. The number of para-hydroxylation sites is 1. The maximum absolute atomic E-state index is 13.1. The Hall–Kier alpha value is -2.80. The van der Waals surface area contributed by atoms with Gasteiger partial charge in [-0.25, -0.2) is 4.98 Å². The summed E-state index contributed by atoms with van der Waals surface area (Å²) in [5.41, 5.74) is 1.01. The molecule has 7 heteroatoms. The predicted octanol–water partition coefficient (Wildman–Crippen LogP) is 3.44. The molecule has 2 aromatic carbocycles. The number of benzene rings is 2. The molecule has 1 heterocycles. The molecule has 140 valence electrons. The van der Waals surface area contributed by atoms with Crippen LogP contribution in [0.5, 0.6) is 5.75 Å². The Morgan fingerprint density at radius 1 is 1.19 bits per heavy atom. The third-order valence-corrected chi connectivity index (χ3v) is 4.65. The molecule has 0 aliphatic carbocycles. The summed E-state index contributed by atoms with van der Waals surface area (Å²) in [7, 11) is 1.57. The van der Waals surface area contributed by atoms with Crippen LogP contribution in [0.3, 0.4) is 0 Å². The Kier molecular flexibility index (Phi) is 5.81. The number of hydrogen-bond donors (Lipinski definition) is 0. The lowest BCUT2D eigenvalue weighted by atomic mass is 10.2. The average molecular weight is 384 g/mol. The molecule has 3 aromatic rings. The number of carbonyl (C=O) groups excluding carboxylic acids is 1. The molecule has 0 saturated carbocycles. The third kappa shape index (κ3) is 4.31. The van der Waals surface area contributed by atoms with Crippen molar-refractivity contribution >= 4 is 28.6 Å². The van der Waals surface area contributed by atoms with Crippen LogP contribution in [0.2, 0.25) is 0 Å². The molecule has 0 aliphatic rings. The van der Waals surface area contributed by atoms with E-state index in [0.29, 0.717) is 27.5 Å². The minimum atomic E-state index is -0.352. The molecule has 0 bridgehead atoms. The molecule has 1 aromatic heterocycles. The molecule has 0 spiro atoms. The maximum Gasteiger partial charge on any atom is 0.316 e. The summed E-state index contributed by atoms with van der Waals surface area (Å²) in [6.07, 6.45) is -0.191. The van der Waals surface area contributed by atoms with Crippen LogP contribution < -0.4 is 10.3 Å². The van der Waals surface area contributed by atoms with E-state index in [4.69, 9.17) is 9.47 Å². The highest BCUT2D eigenvalue weighted by Crippen LogP contribution is 2.23. The van der Waals surface area contributed by atoms with E-state index in [0.717, 1.165) is 0 Å².